The van der Waals surface area contributed by atoms with Crippen LogP contribution in [0.2, 0.25) is 0 Å². The van der Waals surface area contributed by atoms with Gasteiger partial charge in [0.15, 0.2) is 6.10 Å². The lowest BCUT2D eigenvalue weighted by molar-refractivity contribution is -0.129. The Balaban J connectivity index is 1.57. The van der Waals surface area contributed by atoms with Gasteiger partial charge < -0.3 is 15.0 Å². The van der Waals surface area contributed by atoms with Gasteiger partial charge in [-0.3, -0.25) is 4.79 Å². The second-order valence-corrected chi connectivity index (χ2v) is 6.51. The van der Waals surface area contributed by atoms with Gasteiger partial charge in [0.05, 0.1) is 0 Å². The minimum Gasteiger partial charge on any atom is -0.448 e. The smallest absolute Gasteiger partial charge is 0.355 e. The number of esters is 1. The minimum absolute atomic E-state index is 0.203. The normalized spacial score (nSPS) is 17.2. The van der Waals surface area contributed by atoms with Gasteiger partial charge in [-0.25, -0.2) is 4.79 Å². The number of rotatable bonds is 4. The van der Waals surface area contributed by atoms with Crippen molar-refractivity contribution in [3.63, 3.8) is 0 Å². The van der Waals surface area contributed by atoms with E-state index >= 15 is 0 Å². The Bertz CT molecular complexity index is 681. The Morgan fingerprint density at radius 1 is 1.17 bits per heavy atom. The lowest BCUT2D eigenvalue weighted by Crippen LogP contribution is -2.41. The standard InChI is InChI=1S/C19H24N2O3/c1-13(18(22)20-15-9-4-2-3-5-10-15)24-19(23)17-12-14-8-6-7-11-16(14)21-17/h6-8,11-13,15,21H,2-5,9-10H2,1H3,(H,20,22)/t13-/m1/s1. The molecule has 1 aliphatic rings. The Labute approximate surface area is 141 Å². The molecule has 2 N–H and O–H groups in total. The quantitative estimate of drug-likeness (QED) is 0.666. The number of aromatic amines is 1. The van der Waals surface area contributed by atoms with Crippen molar-refractivity contribution in [2.45, 2.75) is 57.6 Å². The van der Waals surface area contributed by atoms with Crippen LogP contribution in [-0.2, 0) is 9.53 Å². The molecule has 5 heteroatoms. The van der Waals surface area contributed by atoms with Gasteiger partial charge in [-0.15, -0.1) is 0 Å². The van der Waals surface area contributed by atoms with Crippen LogP contribution in [0.25, 0.3) is 10.9 Å². The molecule has 1 heterocycles. The summed E-state index contributed by atoms with van der Waals surface area (Å²) in [6, 6.07) is 9.58. The van der Waals surface area contributed by atoms with E-state index in [1.54, 1.807) is 13.0 Å². The second kappa shape index (κ2) is 7.51. The number of nitrogens with one attached hydrogen (secondary N) is 2. The maximum absolute atomic E-state index is 12.3. The summed E-state index contributed by atoms with van der Waals surface area (Å²) in [5, 5.41) is 3.96. The zero-order valence-electron chi connectivity index (χ0n) is 14.0. The molecule has 1 aromatic heterocycles. The van der Waals surface area contributed by atoms with Gasteiger partial charge in [-0.1, -0.05) is 43.9 Å². The first kappa shape index (κ1) is 16.6. The number of amides is 1. The summed E-state index contributed by atoms with van der Waals surface area (Å²) in [6.07, 6.45) is 5.98. The van der Waals surface area contributed by atoms with E-state index in [1.165, 1.54) is 12.8 Å². The third-order valence-corrected chi connectivity index (χ3v) is 4.60. The monoisotopic (exact) mass is 328 g/mol. The predicted molar refractivity (Wildman–Crippen MR) is 92.8 cm³/mol. The van der Waals surface area contributed by atoms with Crippen molar-refractivity contribution in [2.24, 2.45) is 0 Å². The van der Waals surface area contributed by atoms with Gasteiger partial charge in [0.2, 0.25) is 0 Å². The summed E-state index contributed by atoms with van der Waals surface area (Å²) in [5.41, 5.74) is 1.24. The maximum Gasteiger partial charge on any atom is 0.355 e. The van der Waals surface area contributed by atoms with E-state index < -0.39 is 12.1 Å². The van der Waals surface area contributed by atoms with E-state index in [1.807, 2.05) is 24.3 Å². The molecule has 128 valence electrons. The number of benzene rings is 1. The van der Waals surface area contributed by atoms with Gasteiger partial charge >= 0.3 is 5.97 Å². The molecular weight excluding hydrogens is 304 g/mol. The molecule has 0 radical (unpaired) electrons. The van der Waals surface area contributed by atoms with Crippen molar-refractivity contribution in [1.29, 1.82) is 0 Å². The molecule has 1 atom stereocenters. The van der Waals surface area contributed by atoms with Gasteiger partial charge in [0.25, 0.3) is 5.91 Å². The van der Waals surface area contributed by atoms with Crippen LogP contribution >= 0.6 is 0 Å². The van der Waals surface area contributed by atoms with Crippen LogP contribution in [0.5, 0.6) is 0 Å². The number of hydrogen-bond donors (Lipinski definition) is 2. The molecule has 0 bridgehead atoms. The fourth-order valence-electron chi connectivity index (χ4n) is 3.20. The van der Waals surface area contributed by atoms with E-state index in [-0.39, 0.29) is 11.9 Å². The van der Waals surface area contributed by atoms with Gasteiger partial charge in [0, 0.05) is 16.9 Å². The SMILES string of the molecule is C[C@@H](OC(=O)c1cc2ccccc2[nH]1)C(=O)NC1CCCCCC1. The van der Waals surface area contributed by atoms with Crippen molar-refractivity contribution in [1.82, 2.24) is 10.3 Å². The van der Waals surface area contributed by atoms with Crippen LogP contribution in [0, 0.1) is 0 Å². The Morgan fingerprint density at radius 3 is 2.58 bits per heavy atom. The predicted octanol–water partition coefficient (Wildman–Crippen LogP) is 3.55. The molecule has 0 unspecified atom stereocenters. The Kier molecular flexibility index (Phi) is 5.18. The largest absolute Gasteiger partial charge is 0.448 e. The molecule has 0 spiro atoms. The number of carbonyl (C=O) groups is 2. The fourth-order valence-corrected chi connectivity index (χ4v) is 3.20. The first-order valence-electron chi connectivity index (χ1n) is 8.72. The zero-order valence-corrected chi connectivity index (χ0v) is 14.0. The highest BCUT2D eigenvalue weighted by molar-refractivity contribution is 5.96. The van der Waals surface area contributed by atoms with Gasteiger partial charge in [-0.2, -0.15) is 0 Å². The van der Waals surface area contributed by atoms with Crippen LogP contribution in [0.1, 0.15) is 55.9 Å². The number of fused-ring (bicyclic) bond motifs is 1. The molecule has 1 aliphatic carbocycles. The highest BCUT2D eigenvalue weighted by Gasteiger charge is 2.23. The molecule has 24 heavy (non-hydrogen) atoms. The molecule has 1 aromatic carbocycles. The molecular formula is C19H24N2O3. The number of ether oxygens (including phenoxy) is 1. The lowest BCUT2D eigenvalue weighted by Gasteiger charge is -2.19. The van der Waals surface area contributed by atoms with E-state index in [2.05, 4.69) is 10.3 Å². The molecule has 5 nitrogen and oxygen atoms in total. The number of para-hydroxylation sites is 1. The third-order valence-electron chi connectivity index (χ3n) is 4.60. The molecule has 1 fully saturated rings. The molecule has 1 saturated carbocycles. The highest BCUT2D eigenvalue weighted by atomic mass is 16.5. The molecule has 0 saturated heterocycles. The number of carbonyl (C=O) groups excluding carboxylic acids is 2. The third kappa shape index (κ3) is 3.96. The van der Waals surface area contributed by atoms with Crippen molar-refractivity contribution in [2.75, 3.05) is 0 Å². The highest BCUT2D eigenvalue weighted by Crippen LogP contribution is 2.18. The van der Waals surface area contributed by atoms with Gasteiger partial charge in [-0.05, 0) is 31.9 Å². The van der Waals surface area contributed by atoms with E-state index in [0.29, 0.717) is 5.69 Å². The maximum atomic E-state index is 12.3. The van der Waals surface area contributed by atoms with Crippen LogP contribution < -0.4 is 5.32 Å². The van der Waals surface area contributed by atoms with Crippen LogP contribution in [-0.4, -0.2) is 29.0 Å². The second-order valence-electron chi connectivity index (χ2n) is 6.51. The van der Waals surface area contributed by atoms with Crippen LogP contribution in [0.3, 0.4) is 0 Å². The van der Waals surface area contributed by atoms with Crippen LogP contribution in [0.15, 0.2) is 30.3 Å². The molecule has 2 aromatic rings. The average molecular weight is 328 g/mol. The summed E-state index contributed by atoms with van der Waals surface area (Å²) in [5.74, 6) is -0.721. The van der Waals surface area contributed by atoms with Crippen molar-refractivity contribution < 1.29 is 14.3 Å². The average Bonchev–Trinajstić information content (AvgIpc) is 2.85. The molecule has 0 aliphatic heterocycles. The number of hydrogen-bond acceptors (Lipinski definition) is 3. The van der Waals surface area contributed by atoms with E-state index in [0.717, 1.165) is 36.6 Å². The summed E-state index contributed by atoms with van der Waals surface area (Å²) in [4.78, 5) is 27.5. The first-order chi connectivity index (χ1) is 11.6. The molecule has 1 amide bonds. The Hall–Kier alpha value is -2.30. The number of aromatic nitrogens is 1. The molecule has 3 rings (SSSR count). The fraction of sp³-hybridized carbons (Fsp3) is 0.474. The van der Waals surface area contributed by atoms with Gasteiger partial charge in [0.1, 0.15) is 5.69 Å². The topological polar surface area (TPSA) is 71.2 Å². The van der Waals surface area contributed by atoms with Crippen molar-refractivity contribution in [3.05, 3.63) is 36.0 Å². The zero-order chi connectivity index (χ0) is 16.9. The lowest BCUT2D eigenvalue weighted by atomic mass is 10.1. The van der Waals surface area contributed by atoms with E-state index in [9.17, 15) is 9.59 Å². The Morgan fingerprint density at radius 2 is 1.88 bits per heavy atom. The van der Waals surface area contributed by atoms with Crippen molar-refractivity contribution in [3.8, 4) is 0 Å². The van der Waals surface area contributed by atoms with E-state index in [4.69, 9.17) is 4.74 Å². The number of H-pyrrole nitrogens is 1. The minimum atomic E-state index is -0.799. The summed E-state index contributed by atoms with van der Waals surface area (Å²) >= 11 is 0. The van der Waals surface area contributed by atoms with Crippen molar-refractivity contribution >= 4 is 22.8 Å². The summed E-state index contributed by atoms with van der Waals surface area (Å²) in [6.45, 7) is 1.62. The van der Waals surface area contributed by atoms with Crippen LogP contribution in [0.4, 0.5) is 0 Å². The first-order valence-corrected chi connectivity index (χ1v) is 8.72. The summed E-state index contributed by atoms with van der Waals surface area (Å²) in [7, 11) is 0. The summed E-state index contributed by atoms with van der Waals surface area (Å²) < 4.78 is 5.32.